The Labute approximate surface area is 167 Å². The second kappa shape index (κ2) is 6.66. The van der Waals surface area contributed by atoms with Crippen molar-refractivity contribution in [2.75, 3.05) is 0 Å². The van der Waals surface area contributed by atoms with Gasteiger partial charge in [-0.3, -0.25) is 10.1 Å². The summed E-state index contributed by atoms with van der Waals surface area (Å²) in [5.74, 6) is 0.391. The van der Waals surface area contributed by atoms with Crippen LogP contribution >= 0.6 is 0 Å². The van der Waals surface area contributed by atoms with Crippen LogP contribution in [0.15, 0.2) is 60.7 Å². The summed E-state index contributed by atoms with van der Waals surface area (Å²) in [4.78, 5) is 10.9. The largest absolute Gasteiger partial charge is 0.270 e. The Kier molecular flexibility index (Phi) is 4.09. The number of rotatable bonds is 2. The molecule has 0 fully saturated rings. The number of hydrogen-bond donors (Lipinski definition) is 0. The van der Waals surface area contributed by atoms with E-state index < -0.39 is 0 Å². The van der Waals surface area contributed by atoms with Crippen molar-refractivity contribution < 1.29 is 9.31 Å². The van der Waals surface area contributed by atoms with Crippen LogP contribution in [-0.4, -0.2) is 4.92 Å². The van der Waals surface area contributed by atoms with Crippen molar-refractivity contribution in [2.45, 2.75) is 26.2 Å². The molecule has 1 atom stereocenters. The number of fused-ring (bicyclic) bond motifs is 5. The van der Waals surface area contributed by atoms with Gasteiger partial charge in [0.15, 0.2) is 0 Å². The number of nitrogens with zero attached hydrogens (tertiary/aromatic N) is 1. The monoisotopic (exact) mass is 385 g/mol. The van der Waals surface area contributed by atoms with E-state index >= 15 is 0 Å². The van der Waals surface area contributed by atoms with Crippen molar-refractivity contribution in [1.82, 2.24) is 0 Å². The SMILES string of the molecule is CC1CCc2c(ccc3c2c(-c2ccc(F)cc2)cc2cc([N+](=O)[O-])ccc23)C1. The van der Waals surface area contributed by atoms with Gasteiger partial charge in [0.05, 0.1) is 4.92 Å². The zero-order valence-corrected chi connectivity index (χ0v) is 16.1. The molecule has 144 valence electrons. The molecule has 0 spiro atoms. The maximum absolute atomic E-state index is 13.6. The van der Waals surface area contributed by atoms with Crippen LogP contribution in [0.4, 0.5) is 10.1 Å². The number of nitro groups is 1. The number of halogens is 1. The third kappa shape index (κ3) is 2.96. The Bertz CT molecular complexity index is 1280. The smallest absolute Gasteiger partial charge is 0.258 e. The van der Waals surface area contributed by atoms with Crippen LogP contribution in [0.2, 0.25) is 0 Å². The van der Waals surface area contributed by atoms with E-state index in [2.05, 4.69) is 19.1 Å². The summed E-state index contributed by atoms with van der Waals surface area (Å²) in [7, 11) is 0. The molecule has 1 unspecified atom stereocenters. The lowest BCUT2D eigenvalue weighted by atomic mass is 9.80. The minimum atomic E-state index is -0.366. The van der Waals surface area contributed by atoms with Gasteiger partial charge in [0.25, 0.3) is 5.69 Å². The van der Waals surface area contributed by atoms with E-state index in [0.29, 0.717) is 5.92 Å². The number of hydrogen-bond acceptors (Lipinski definition) is 2. The number of aryl methyl sites for hydroxylation is 1. The normalized spacial score (nSPS) is 16.1. The van der Waals surface area contributed by atoms with E-state index in [1.807, 2.05) is 12.1 Å². The number of benzene rings is 4. The number of non-ortho nitro benzene ring substituents is 1. The fourth-order valence-corrected chi connectivity index (χ4v) is 4.68. The molecule has 0 radical (unpaired) electrons. The first-order valence-electron chi connectivity index (χ1n) is 9.93. The molecule has 0 aromatic heterocycles. The third-order valence-electron chi connectivity index (χ3n) is 6.13. The highest BCUT2D eigenvalue weighted by atomic mass is 19.1. The van der Waals surface area contributed by atoms with Crippen LogP contribution in [0.25, 0.3) is 32.7 Å². The van der Waals surface area contributed by atoms with E-state index in [1.165, 1.54) is 28.6 Å². The van der Waals surface area contributed by atoms with E-state index in [-0.39, 0.29) is 16.4 Å². The Morgan fingerprint density at radius 2 is 1.76 bits per heavy atom. The van der Waals surface area contributed by atoms with Crippen LogP contribution in [0.1, 0.15) is 24.5 Å². The molecule has 0 N–H and O–H groups in total. The molecular formula is C25H20FNO2. The van der Waals surface area contributed by atoms with Gasteiger partial charge >= 0.3 is 0 Å². The van der Waals surface area contributed by atoms with E-state index in [1.54, 1.807) is 24.3 Å². The highest BCUT2D eigenvalue weighted by molar-refractivity contribution is 6.15. The molecule has 1 aliphatic carbocycles. The third-order valence-corrected chi connectivity index (χ3v) is 6.13. The first-order chi connectivity index (χ1) is 14.0. The molecular weight excluding hydrogens is 365 g/mol. The molecule has 4 aromatic carbocycles. The van der Waals surface area contributed by atoms with E-state index in [4.69, 9.17) is 0 Å². The van der Waals surface area contributed by atoms with Gasteiger partial charge in [0.1, 0.15) is 5.82 Å². The topological polar surface area (TPSA) is 43.1 Å². The molecule has 0 saturated carbocycles. The van der Waals surface area contributed by atoms with Crippen molar-refractivity contribution in [3.05, 3.63) is 87.7 Å². The Hall–Kier alpha value is -3.27. The van der Waals surface area contributed by atoms with E-state index in [9.17, 15) is 14.5 Å². The first-order valence-corrected chi connectivity index (χ1v) is 9.93. The lowest BCUT2D eigenvalue weighted by Gasteiger charge is -2.25. The zero-order valence-electron chi connectivity index (χ0n) is 16.1. The highest BCUT2D eigenvalue weighted by Gasteiger charge is 2.21. The van der Waals surface area contributed by atoms with Crippen LogP contribution in [0, 0.1) is 21.8 Å². The fraction of sp³-hybridized carbons (Fsp3) is 0.200. The van der Waals surface area contributed by atoms with Gasteiger partial charge in [-0.2, -0.15) is 0 Å². The zero-order chi connectivity index (χ0) is 20.1. The molecule has 0 amide bonds. The molecule has 0 saturated heterocycles. The predicted octanol–water partition coefficient (Wildman–Crippen LogP) is 6.83. The average Bonchev–Trinajstić information content (AvgIpc) is 2.72. The van der Waals surface area contributed by atoms with Crippen molar-refractivity contribution in [1.29, 1.82) is 0 Å². The van der Waals surface area contributed by atoms with Gasteiger partial charge in [-0.15, -0.1) is 0 Å². The van der Waals surface area contributed by atoms with Crippen LogP contribution in [-0.2, 0) is 12.8 Å². The second-order valence-corrected chi connectivity index (χ2v) is 8.07. The van der Waals surface area contributed by atoms with Crippen molar-refractivity contribution in [3.63, 3.8) is 0 Å². The fourth-order valence-electron chi connectivity index (χ4n) is 4.68. The molecule has 1 aliphatic rings. The summed E-state index contributed by atoms with van der Waals surface area (Å²) in [5.41, 5.74) is 4.76. The van der Waals surface area contributed by atoms with Crippen LogP contribution in [0.5, 0.6) is 0 Å². The molecule has 0 heterocycles. The molecule has 0 aliphatic heterocycles. The molecule has 4 heteroatoms. The minimum Gasteiger partial charge on any atom is -0.258 e. The summed E-state index contributed by atoms with van der Waals surface area (Å²) >= 11 is 0. The molecule has 0 bridgehead atoms. The summed E-state index contributed by atoms with van der Waals surface area (Å²) in [6.45, 7) is 2.29. The Morgan fingerprint density at radius 3 is 2.52 bits per heavy atom. The maximum atomic E-state index is 13.6. The molecule has 5 rings (SSSR count). The summed E-state index contributed by atoms with van der Waals surface area (Å²) in [5, 5.41) is 15.4. The first kappa shape index (κ1) is 17.8. The van der Waals surface area contributed by atoms with Gasteiger partial charge in [-0.25, -0.2) is 4.39 Å². The van der Waals surface area contributed by atoms with Gasteiger partial charge in [0.2, 0.25) is 0 Å². The average molecular weight is 385 g/mol. The van der Waals surface area contributed by atoms with Gasteiger partial charge in [-0.05, 0) is 93.2 Å². The van der Waals surface area contributed by atoms with Gasteiger partial charge in [0, 0.05) is 12.1 Å². The molecule has 4 aromatic rings. The Balaban J connectivity index is 1.90. The lowest BCUT2D eigenvalue weighted by molar-refractivity contribution is -0.384. The summed E-state index contributed by atoms with van der Waals surface area (Å²) in [6.07, 6.45) is 3.22. The standard InChI is InChI=1S/C25H20FNO2/c1-15-2-9-22-17(12-15)5-10-23-21-11-8-20(27(28)29)13-18(21)14-24(25(22)23)16-3-6-19(26)7-4-16/h3-8,10-11,13-15H,2,9,12H2,1H3. The predicted molar refractivity (Wildman–Crippen MR) is 115 cm³/mol. The van der Waals surface area contributed by atoms with Crippen LogP contribution < -0.4 is 0 Å². The molecule has 29 heavy (non-hydrogen) atoms. The number of nitro benzene ring substituents is 1. The van der Waals surface area contributed by atoms with E-state index in [0.717, 1.165) is 46.5 Å². The maximum Gasteiger partial charge on any atom is 0.270 e. The summed E-state index contributed by atoms with van der Waals surface area (Å²) < 4.78 is 13.6. The summed E-state index contributed by atoms with van der Waals surface area (Å²) in [6, 6.07) is 17.9. The van der Waals surface area contributed by atoms with Crippen molar-refractivity contribution in [2.24, 2.45) is 5.92 Å². The van der Waals surface area contributed by atoms with Crippen LogP contribution in [0.3, 0.4) is 0 Å². The highest BCUT2D eigenvalue weighted by Crippen LogP contribution is 2.41. The second-order valence-electron chi connectivity index (χ2n) is 8.07. The Morgan fingerprint density at radius 1 is 1.00 bits per heavy atom. The minimum absolute atomic E-state index is 0.0775. The van der Waals surface area contributed by atoms with Gasteiger partial charge in [-0.1, -0.05) is 31.2 Å². The van der Waals surface area contributed by atoms with Gasteiger partial charge < -0.3 is 0 Å². The van der Waals surface area contributed by atoms with Crippen molar-refractivity contribution >= 4 is 27.2 Å². The molecule has 3 nitrogen and oxygen atoms in total. The quantitative estimate of drug-likeness (QED) is 0.216. The van der Waals surface area contributed by atoms with Crippen molar-refractivity contribution in [3.8, 4) is 11.1 Å². The lowest BCUT2D eigenvalue weighted by Crippen LogP contribution is -2.12.